The molecule has 4 nitrogen and oxygen atoms in total. The van der Waals surface area contributed by atoms with Crippen molar-refractivity contribution in [2.24, 2.45) is 5.73 Å². The van der Waals surface area contributed by atoms with Crippen LogP contribution in [-0.4, -0.2) is 21.1 Å². The highest BCUT2D eigenvalue weighted by atomic mass is 15.3. The smallest absolute Gasteiger partial charge is 0.156 e. The van der Waals surface area contributed by atoms with Gasteiger partial charge in [0, 0.05) is 18.7 Å². The van der Waals surface area contributed by atoms with E-state index in [1.54, 1.807) is 4.52 Å². The zero-order chi connectivity index (χ0) is 10.8. The lowest BCUT2D eigenvalue weighted by Crippen LogP contribution is -2.13. The molecule has 0 saturated heterocycles. The Kier molecular flexibility index (Phi) is 2.68. The Morgan fingerprint density at radius 1 is 1.53 bits per heavy atom. The predicted molar refractivity (Wildman–Crippen MR) is 59.8 cm³/mol. The van der Waals surface area contributed by atoms with E-state index in [2.05, 4.69) is 23.9 Å². The summed E-state index contributed by atoms with van der Waals surface area (Å²) < 4.78 is 1.81. The van der Waals surface area contributed by atoms with Crippen molar-refractivity contribution in [2.75, 3.05) is 6.54 Å². The fourth-order valence-corrected chi connectivity index (χ4v) is 1.63. The maximum absolute atomic E-state index is 5.68. The first-order valence-corrected chi connectivity index (χ1v) is 5.27. The lowest BCUT2D eigenvalue weighted by atomic mass is 10.1. The molecule has 1 atom stereocenters. The average molecular weight is 204 g/mol. The van der Waals surface area contributed by atoms with Crippen LogP contribution in [0.2, 0.25) is 0 Å². The molecule has 0 aromatic carbocycles. The van der Waals surface area contributed by atoms with Crippen molar-refractivity contribution < 1.29 is 0 Å². The van der Waals surface area contributed by atoms with Gasteiger partial charge in [0.25, 0.3) is 0 Å². The van der Waals surface area contributed by atoms with Gasteiger partial charge in [0.2, 0.25) is 0 Å². The van der Waals surface area contributed by atoms with Crippen LogP contribution in [0.25, 0.3) is 5.65 Å². The van der Waals surface area contributed by atoms with Gasteiger partial charge in [0.05, 0.1) is 0 Å². The molecular formula is C11H16N4. The SMILES string of the molecule is CCC(CN)c1nc2cc(C)ccn2n1. The normalized spacial score (nSPS) is 13.3. The van der Waals surface area contributed by atoms with Crippen molar-refractivity contribution in [3.63, 3.8) is 0 Å². The second-order valence-corrected chi connectivity index (χ2v) is 3.82. The molecule has 0 spiro atoms. The molecule has 0 aliphatic heterocycles. The summed E-state index contributed by atoms with van der Waals surface area (Å²) in [5.74, 6) is 1.12. The van der Waals surface area contributed by atoms with E-state index < -0.39 is 0 Å². The zero-order valence-electron chi connectivity index (χ0n) is 9.14. The van der Waals surface area contributed by atoms with Gasteiger partial charge in [-0.1, -0.05) is 6.92 Å². The fraction of sp³-hybridized carbons (Fsp3) is 0.455. The maximum atomic E-state index is 5.68. The van der Waals surface area contributed by atoms with E-state index in [1.165, 1.54) is 5.56 Å². The minimum atomic E-state index is 0.269. The Morgan fingerprint density at radius 3 is 3.00 bits per heavy atom. The summed E-state index contributed by atoms with van der Waals surface area (Å²) in [5, 5.41) is 4.42. The number of rotatable bonds is 3. The summed E-state index contributed by atoms with van der Waals surface area (Å²) in [6.45, 7) is 4.76. The van der Waals surface area contributed by atoms with Crippen molar-refractivity contribution >= 4 is 5.65 Å². The number of fused-ring (bicyclic) bond motifs is 1. The van der Waals surface area contributed by atoms with Crippen LogP contribution in [0.1, 0.15) is 30.7 Å². The summed E-state index contributed by atoms with van der Waals surface area (Å²) in [5.41, 5.74) is 7.77. The average Bonchev–Trinajstić information content (AvgIpc) is 2.62. The molecule has 2 aromatic rings. The number of nitrogens with two attached hydrogens (primary N) is 1. The Morgan fingerprint density at radius 2 is 2.33 bits per heavy atom. The van der Waals surface area contributed by atoms with Crippen LogP contribution in [0.3, 0.4) is 0 Å². The molecule has 1 unspecified atom stereocenters. The molecule has 0 saturated carbocycles. The fourth-order valence-electron chi connectivity index (χ4n) is 1.63. The molecule has 0 bridgehead atoms. The molecule has 80 valence electrons. The van der Waals surface area contributed by atoms with Gasteiger partial charge >= 0.3 is 0 Å². The number of nitrogens with zero attached hydrogens (tertiary/aromatic N) is 3. The largest absolute Gasteiger partial charge is 0.330 e. The monoisotopic (exact) mass is 204 g/mol. The third kappa shape index (κ3) is 1.85. The molecular weight excluding hydrogens is 188 g/mol. The Bertz CT molecular complexity index is 457. The molecule has 0 radical (unpaired) electrons. The van der Waals surface area contributed by atoms with Gasteiger partial charge in [-0.15, -0.1) is 0 Å². The zero-order valence-corrected chi connectivity index (χ0v) is 9.14. The molecule has 15 heavy (non-hydrogen) atoms. The lowest BCUT2D eigenvalue weighted by Gasteiger charge is -2.05. The van der Waals surface area contributed by atoms with Gasteiger partial charge in [-0.2, -0.15) is 5.10 Å². The summed E-state index contributed by atoms with van der Waals surface area (Å²) in [6, 6.07) is 4.05. The van der Waals surface area contributed by atoms with E-state index in [0.717, 1.165) is 17.9 Å². The molecule has 2 N–H and O–H groups in total. The number of hydrogen-bond acceptors (Lipinski definition) is 3. The predicted octanol–water partition coefficient (Wildman–Crippen LogP) is 1.49. The van der Waals surface area contributed by atoms with Crippen molar-refractivity contribution in [1.29, 1.82) is 0 Å². The molecule has 0 aliphatic carbocycles. The first kappa shape index (κ1) is 10.1. The van der Waals surface area contributed by atoms with E-state index in [1.807, 2.05) is 18.3 Å². The first-order valence-electron chi connectivity index (χ1n) is 5.27. The molecule has 0 fully saturated rings. The summed E-state index contributed by atoms with van der Waals surface area (Å²) in [7, 11) is 0. The standard InChI is InChI=1S/C11H16N4/c1-3-9(7-12)11-13-10-6-8(2)4-5-15(10)14-11/h4-6,9H,3,7,12H2,1-2H3. The highest BCUT2D eigenvalue weighted by Gasteiger charge is 2.13. The van der Waals surface area contributed by atoms with Crippen LogP contribution in [0.15, 0.2) is 18.3 Å². The highest BCUT2D eigenvalue weighted by molar-refractivity contribution is 5.40. The summed E-state index contributed by atoms with van der Waals surface area (Å²) >= 11 is 0. The third-order valence-corrected chi connectivity index (χ3v) is 2.65. The molecule has 2 rings (SSSR count). The van der Waals surface area contributed by atoms with Gasteiger partial charge < -0.3 is 5.73 Å². The second kappa shape index (κ2) is 3.98. The van der Waals surface area contributed by atoms with Crippen LogP contribution in [-0.2, 0) is 0 Å². The number of aryl methyl sites for hydroxylation is 1. The van der Waals surface area contributed by atoms with Crippen molar-refractivity contribution in [1.82, 2.24) is 14.6 Å². The Hall–Kier alpha value is -1.42. The van der Waals surface area contributed by atoms with Gasteiger partial charge in [-0.25, -0.2) is 9.50 Å². The highest BCUT2D eigenvalue weighted by Crippen LogP contribution is 2.15. The topological polar surface area (TPSA) is 56.2 Å². The second-order valence-electron chi connectivity index (χ2n) is 3.82. The van der Waals surface area contributed by atoms with Crippen LogP contribution in [0, 0.1) is 6.92 Å². The van der Waals surface area contributed by atoms with Crippen LogP contribution >= 0.6 is 0 Å². The van der Waals surface area contributed by atoms with Crippen LogP contribution in [0.4, 0.5) is 0 Å². The molecule has 0 amide bonds. The van der Waals surface area contributed by atoms with E-state index in [0.29, 0.717) is 6.54 Å². The molecule has 2 aromatic heterocycles. The van der Waals surface area contributed by atoms with Crippen LogP contribution < -0.4 is 5.73 Å². The Labute approximate surface area is 89.1 Å². The third-order valence-electron chi connectivity index (χ3n) is 2.65. The maximum Gasteiger partial charge on any atom is 0.156 e. The van der Waals surface area contributed by atoms with Crippen molar-refractivity contribution in [3.8, 4) is 0 Å². The quantitative estimate of drug-likeness (QED) is 0.824. The van der Waals surface area contributed by atoms with Crippen molar-refractivity contribution in [3.05, 3.63) is 29.7 Å². The van der Waals surface area contributed by atoms with Gasteiger partial charge in [0.15, 0.2) is 11.5 Å². The van der Waals surface area contributed by atoms with E-state index in [-0.39, 0.29) is 5.92 Å². The van der Waals surface area contributed by atoms with Gasteiger partial charge in [-0.3, -0.25) is 0 Å². The molecule has 2 heterocycles. The summed E-state index contributed by atoms with van der Waals surface area (Å²) in [4.78, 5) is 4.49. The molecule has 4 heteroatoms. The number of hydrogen-bond donors (Lipinski definition) is 1. The lowest BCUT2D eigenvalue weighted by molar-refractivity contribution is 0.629. The minimum Gasteiger partial charge on any atom is -0.330 e. The molecule has 0 aliphatic rings. The number of pyridine rings is 1. The van der Waals surface area contributed by atoms with E-state index >= 15 is 0 Å². The van der Waals surface area contributed by atoms with Crippen molar-refractivity contribution in [2.45, 2.75) is 26.2 Å². The summed E-state index contributed by atoms with van der Waals surface area (Å²) in [6.07, 6.45) is 2.91. The first-order chi connectivity index (χ1) is 7.24. The van der Waals surface area contributed by atoms with Gasteiger partial charge in [0.1, 0.15) is 0 Å². The van der Waals surface area contributed by atoms with E-state index in [9.17, 15) is 0 Å². The van der Waals surface area contributed by atoms with Crippen LogP contribution in [0.5, 0.6) is 0 Å². The minimum absolute atomic E-state index is 0.269. The Balaban J connectivity index is 2.46. The number of aromatic nitrogens is 3. The van der Waals surface area contributed by atoms with Gasteiger partial charge in [-0.05, 0) is 31.0 Å². The van der Waals surface area contributed by atoms with E-state index in [4.69, 9.17) is 5.73 Å².